The normalized spacial score (nSPS) is 21.4. The second-order valence-electron chi connectivity index (χ2n) is 5.69. The zero-order chi connectivity index (χ0) is 14.2. The molecular weight excluding hydrogens is 246 g/mol. The van der Waals surface area contributed by atoms with Gasteiger partial charge in [0.25, 0.3) is 0 Å². The van der Waals surface area contributed by atoms with Crippen LogP contribution in [-0.4, -0.2) is 13.7 Å². The second-order valence-corrected chi connectivity index (χ2v) is 5.69. The van der Waals surface area contributed by atoms with E-state index in [-0.39, 0.29) is 5.54 Å². The molecule has 1 N–H and O–H groups in total. The Balaban J connectivity index is 2.10. The summed E-state index contributed by atoms with van der Waals surface area (Å²) in [6, 6.07) is 15.2. The van der Waals surface area contributed by atoms with Gasteiger partial charge in [0, 0.05) is 6.54 Å². The van der Waals surface area contributed by atoms with Crippen molar-refractivity contribution in [3.05, 3.63) is 64.7 Å². The summed E-state index contributed by atoms with van der Waals surface area (Å²) in [6.45, 7) is 5.38. The summed E-state index contributed by atoms with van der Waals surface area (Å²) in [5.41, 5.74) is 5.23. The van der Waals surface area contributed by atoms with Crippen molar-refractivity contribution >= 4 is 0 Å². The lowest BCUT2D eigenvalue weighted by atomic mass is 9.78. The van der Waals surface area contributed by atoms with E-state index in [9.17, 15) is 0 Å². The SMILES string of the molecule is COc1ccc2c(c1)CCNC2(C)c1ccc(C)cc1. The lowest BCUT2D eigenvalue weighted by Gasteiger charge is -2.38. The van der Waals surface area contributed by atoms with Gasteiger partial charge < -0.3 is 10.1 Å². The molecule has 3 rings (SSSR count). The van der Waals surface area contributed by atoms with E-state index in [0.717, 1.165) is 18.7 Å². The molecule has 20 heavy (non-hydrogen) atoms. The van der Waals surface area contributed by atoms with Crippen LogP contribution in [0.15, 0.2) is 42.5 Å². The van der Waals surface area contributed by atoms with Crippen LogP contribution >= 0.6 is 0 Å². The minimum Gasteiger partial charge on any atom is -0.497 e. The van der Waals surface area contributed by atoms with E-state index >= 15 is 0 Å². The zero-order valence-electron chi connectivity index (χ0n) is 12.4. The van der Waals surface area contributed by atoms with Crippen molar-refractivity contribution in [2.75, 3.05) is 13.7 Å². The van der Waals surface area contributed by atoms with Crippen LogP contribution in [0.4, 0.5) is 0 Å². The van der Waals surface area contributed by atoms with Gasteiger partial charge in [-0.3, -0.25) is 0 Å². The highest BCUT2D eigenvalue weighted by Gasteiger charge is 2.33. The number of ether oxygens (including phenoxy) is 1. The second kappa shape index (κ2) is 4.95. The van der Waals surface area contributed by atoms with E-state index in [1.807, 2.05) is 0 Å². The topological polar surface area (TPSA) is 21.3 Å². The van der Waals surface area contributed by atoms with Gasteiger partial charge in [-0.25, -0.2) is 0 Å². The van der Waals surface area contributed by atoms with Crippen molar-refractivity contribution in [1.29, 1.82) is 0 Å². The van der Waals surface area contributed by atoms with Gasteiger partial charge >= 0.3 is 0 Å². The van der Waals surface area contributed by atoms with Gasteiger partial charge in [-0.15, -0.1) is 0 Å². The van der Waals surface area contributed by atoms with Crippen LogP contribution in [0.3, 0.4) is 0 Å². The molecule has 0 saturated carbocycles. The van der Waals surface area contributed by atoms with Gasteiger partial charge in [-0.1, -0.05) is 35.9 Å². The van der Waals surface area contributed by atoms with Crippen LogP contribution in [0.1, 0.15) is 29.2 Å². The Bertz CT molecular complexity index is 618. The van der Waals surface area contributed by atoms with Crippen molar-refractivity contribution in [2.45, 2.75) is 25.8 Å². The first-order chi connectivity index (χ1) is 9.63. The quantitative estimate of drug-likeness (QED) is 0.900. The number of methoxy groups -OCH3 is 1. The maximum Gasteiger partial charge on any atom is 0.119 e. The molecule has 1 aliphatic rings. The number of hydrogen-bond donors (Lipinski definition) is 1. The molecule has 0 fully saturated rings. The summed E-state index contributed by atoms with van der Waals surface area (Å²) >= 11 is 0. The van der Waals surface area contributed by atoms with E-state index in [2.05, 4.69) is 61.6 Å². The molecular formula is C18H21NO. The van der Waals surface area contributed by atoms with Gasteiger partial charge in [0.15, 0.2) is 0 Å². The maximum absolute atomic E-state index is 5.35. The number of nitrogens with one attached hydrogen (secondary N) is 1. The highest BCUT2D eigenvalue weighted by atomic mass is 16.5. The Kier molecular flexibility index (Phi) is 3.27. The average molecular weight is 267 g/mol. The largest absolute Gasteiger partial charge is 0.497 e. The summed E-state index contributed by atoms with van der Waals surface area (Å²) in [6.07, 6.45) is 1.05. The smallest absolute Gasteiger partial charge is 0.119 e. The molecule has 2 aromatic carbocycles. The molecule has 1 aliphatic heterocycles. The number of benzene rings is 2. The van der Waals surface area contributed by atoms with Gasteiger partial charge in [0.05, 0.1) is 12.6 Å². The van der Waals surface area contributed by atoms with Crippen LogP contribution in [0, 0.1) is 6.92 Å². The summed E-state index contributed by atoms with van der Waals surface area (Å²) in [5, 5.41) is 3.68. The number of aryl methyl sites for hydroxylation is 1. The fourth-order valence-corrected chi connectivity index (χ4v) is 3.08. The van der Waals surface area contributed by atoms with Crippen LogP contribution < -0.4 is 10.1 Å². The summed E-state index contributed by atoms with van der Waals surface area (Å²) in [4.78, 5) is 0. The van der Waals surface area contributed by atoms with Gasteiger partial charge in [-0.05, 0) is 49.1 Å². The molecule has 0 radical (unpaired) electrons. The van der Waals surface area contributed by atoms with E-state index in [1.54, 1.807) is 7.11 Å². The first-order valence-corrected chi connectivity index (χ1v) is 7.13. The van der Waals surface area contributed by atoms with Gasteiger partial charge in [0.1, 0.15) is 5.75 Å². The predicted molar refractivity (Wildman–Crippen MR) is 82.3 cm³/mol. The molecule has 0 amide bonds. The molecule has 0 aliphatic carbocycles. The molecule has 2 aromatic rings. The molecule has 0 saturated heterocycles. The van der Waals surface area contributed by atoms with Crippen molar-refractivity contribution in [2.24, 2.45) is 0 Å². The van der Waals surface area contributed by atoms with E-state index in [4.69, 9.17) is 4.74 Å². The fourth-order valence-electron chi connectivity index (χ4n) is 3.08. The van der Waals surface area contributed by atoms with Crippen molar-refractivity contribution in [1.82, 2.24) is 5.32 Å². The first kappa shape index (κ1) is 13.2. The highest BCUT2D eigenvalue weighted by Crippen LogP contribution is 2.36. The fraction of sp³-hybridized carbons (Fsp3) is 0.333. The van der Waals surface area contributed by atoms with Crippen molar-refractivity contribution in [3.8, 4) is 5.75 Å². The Labute approximate surface area is 120 Å². The molecule has 1 heterocycles. The molecule has 2 nitrogen and oxygen atoms in total. The molecule has 104 valence electrons. The summed E-state index contributed by atoms with van der Waals surface area (Å²) in [7, 11) is 1.72. The molecule has 1 atom stereocenters. The number of fused-ring (bicyclic) bond motifs is 1. The zero-order valence-corrected chi connectivity index (χ0v) is 12.4. The minimum atomic E-state index is -0.118. The standard InChI is InChI=1S/C18H21NO/c1-13-4-6-15(7-5-13)18(2)17-9-8-16(20-3)12-14(17)10-11-19-18/h4-9,12,19H,10-11H2,1-3H3. The number of rotatable bonds is 2. The van der Waals surface area contributed by atoms with E-state index in [1.165, 1.54) is 22.3 Å². The number of hydrogen-bond acceptors (Lipinski definition) is 2. The van der Waals surface area contributed by atoms with E-state index in [0.29, 0.717) is 0 Å². The summed E-state index contributed by atoms with van der Waals surface area (Å²) in [5.74, 6) is 0.942. The Morgan fingerprint density at radius 3 is 2.55 bits per heavy atom. The lowest BCUT2D eigenvalue weighted by Crippen LogP contribution is -2.45. The Hall–Kier alpha value is -1.80. The first-order valence-electron chi connectivity index (χ1n) is 7.13. The summed E-state index contributed by atoms with van der Waals surface area (Å²) < 4.78 is 5.35. The molecule has 1 unspecified atom stereocenters. The molecule has 0 bridgehead atoms. The van der Waals surface area contributed by atoms with Crippen molar-refractivity contribution in [3.63, 3.8) is 0 Å². The third-order valence-corrected chi connectivity index (χ3v) is 4.35. The van der Waals surface area contributed by atoms with Gasteiger partial charge in [0.2, 0.25) is 0 Å². The van der Waals surface area contributed by atoms with Crippen LogP contribution in [0.5, 0.6) is 5.75 Å². The lowest BCUT2D eigenvalue weighted by molar-refractivity contribution is 0.400. The Morgan fingerprint density at radius 2 is 1.85 bits per heavy atom. The average Bonchev–Trinajstić information content (AvgIpc) is 2.47. The monoisotopic (exact) mass is 267 g/mol. The molecule has 2 heteroatoms. The third-order valence-electron chi connectivity index (χ3n) is 4.35. The van der Waals surface area contributed by atoms with Crippen LogP contribution in [0.2, 0.25) is 0 Å². The highest BCUT2D eigenvalue weighted by molar-refractivity contribution is 5.47. The molecule has 0 spiro atoms. The predicted octanol–water partition coefficient (Wildman–Crippen LogP) is 3.41. The minimum absolute atomic E-state index is 0.118. The maximum atomic E-state index is 5.35. The molecule has 0 aromatic heterocycles. The van der Waals surface area contributed by atoms with E-state index < -0.39 is 0 Å². The van der Waals surface area contributed by atoms with Gasteiger partial charge in [-0.2, -0.15) is 0 Å². The Morgan fingerprint density at radius 1 is 1.10 bits per heavy atom. The third kappa shape index (κ3) is 2.10. The van der Waals surface area contributed by atoms with Crippen molar-refractivity contribution < 1.29 is 4.74 Å². The van der Waals surface area contributed by atoms with Crippen LogP contribution in [-0.2, 0) is 12.0 Å². The van der Waals surface area contributed by atoms with Crippen LogP contribution in [0.25, 0.3) is 0 Å².